The molecule has 2 atom stereocenters. The van der Waals surface area contributed by atoms with Gasteiger partial charge >= 0.3 is 6.18 Å². The van der Waals surface area contributed by atoms with Crippen molar-refractivity contribution in [2.24, 2.45) is 5.92 Å². The fourth-order valence-corrected chi connectivity index (χ4v) is 1.52. The van der Waals surface area contributed by atoms with Crippen molar-refractivity contribution in [2.75, 3.05) is 13.2 Å². The van der Waals surface area contributed by atoms with Gasteiger partial charge in [0, 0.05) is 19.2 Å². The highest BCUT2D eigenvalue weighted by atomic mass is 19.4. The van der Waals surface area contributed by atoms with Gasteiger partial charge in [0.1, 0.15) is 0 Å². The van der Waals surface area contributed by atoms with Gasteiger partial charge in [0.25, 0.3) is 0 Å². The summed E-state index contributed by atoms with van der Waals surface area (Å²) in [7, 11) is 0. The van der Waals surface area contributed by atoms with E-state index in [9.17, 15) is 13.2 Å². The van der Waals surface area contributed by atoms with E-state index in [-0.39, 0.29) is 18.6 Å². The number of rotatable bonds is 5. The van der Waals surface area contributed by atoms with Gasteiger partial charge in [-0.05, 0) is 30.5 Å². The van der Waals surface area contributed by atoms with Gasteiger partial charge in [-0.2, -0.15) is 13.2 Å². The lowest BCUT2D eigenvalue weighted by atomic mass is 10.1. The molecule has 1 rings (SSSR count). The molecule has 0 spiro atoms. The van der Waals surface area contributed by atoms with Crippen LogP contribution in [0.3, 0.4) is 0 Å². The Kier molecular flexibility index (Phi) is 5.16. The van der Waals surface area contributed by atoms with Crippen molar-refractivity contribution in [3.8, 4) is 0 Å². The van der Waals surface area contributed by atoms with Crippen molar-refractivity contribution in [1.29, 1.82) is 0 Å². The van der Waals surface area contributed by atoms with Crippen molar-refractivity contribution in [2.45, 2.75) is 26.1 Å². The van der Waals surface area contributed by atoms with Crippen LogP contribution in [-0.2, 0) is 6.18 Å². The SMILES string of the molecule is CC(CO)CNC(C)c1ccc(C(F)(F)F)cc1. The van der Waals surface area contributed by atoms with E-state index in [4.69, 9.17) is 5.11 Å². The van der Waals surface area contributed by atoms with Gasteiger partial charge in [-0.25, -0.2) is 0 Å². The van der Waals surface area contributed by atoms with Gasteiger partial charge in [0.2, 0.25) is 0 Å². The zero-order valence-electron chi connectivity index (χ0n) is 10.5. The van der Waals surface area contributed by atoms with Crippen LogP contribution in [0.5, 0.6) is 0 Å². The second-order valence-electron chi connectivity index (χ2n) is 4.54. The molecule has 0 aliphatic carbocycles. The summed E-state index contributed by atoms with van der Waals surface area (Å²) in [6, 6.07) is 5.08. The maximum atomic E-state index is 12.4. The average Bonchev–Trinajstić information content (AvgIpc) is 2.34. The van der Waals surface area contributed by atoms with E-state index < -0.39 is 11.7 Å². The molecule has 0 bridgehead atoms. The molecule has 102 valence electrons. The molecule has 0 amide bonds. The minimum atomic E-state index is -4.29. The molecule has 2 unspecified atom stereocenters. The lowest BCUT2D eigenvalue weighted by Gasteiger charge is -2.17. The summed E-state index contributed by atoms with van der Waals surface area (Å²) in [6.07, 6.45) is -4.29. The van der Waals surface area contributed by atoms with Gasteiger partial charge in [0.05, 0.1) is 5.56 Å². The lowest BCUT2D eigenvalue weighted by Crippen LogP contribution is -2.26. The van der Waals surface area contributed by atoms with Crippen molar-refractivity contribution < 1.29 is 18.3 Å². The van der Waals surface area contributed by atoms with Crippen LogP contribution in [0.4, 0.5) is 13.2 Å². The topological polar surface area (TPSA) is 32.3 Å². The predicted octanol–water partition coefficient (Wildman–Crippen LogP) is 2.98. The van der Waals surface area contributed by atoms with E-state index in [0.717, 1.165) is 17.7 Å². The maximum Gasteiger partial charge on any atom is 0.416 e. The van der Waals surface area contributed by atoms with Gasteiger partial charge in [-0.1, -0.05) is 19.1 Å². The Morgan fingerprint density at radius 2 is 1.72 bits per heavy atom. The Labute approximate surface area is 105 Å². The summed E-state index contributed by atoms with van der Waals surface area (Å²) >= 11 is 0. The second-order valence-corrected chi connectivity index (χ2v) is 4.54. The summed E-state index contributed by atoms with van der Waals surface area (Å²) < 4.78 is 37.1. The van der Waals surface area contributed by atoms with Crippen LogP contribution >= 0.6 is 0 Å². The van der Waals surface area contributed by atoms with Crippen LogP contribution in [-0.4, -0.2) is 18.3 Å². The lowest BCUT2D eigenvalue weighted by molar-refractivity contribution is -0.137. The molecular formula is C13H18F3NO. The molecule has 0 heterocycles. The number of halogens is 3. The Bertz CT molecular complexity index is 361. The fraction of sp³-hybridized carbons (Fsp3) is 0.538. The zero-order chi connectivity index (χ0) is 13.8. The first kappa shape index (κ1) is 15.0. The molecule has 0 saturated carbocycles. The molecule has 0 aliphatic rings. The van der Waals surface area contributed by atoms with Crippen LogP contribution in [0.25, 0.3) is 0 Å². The third-order valence-corrected chi connectivity index (χ3v) is 2.82. The highest BCUT2D eigenvalue weighted by Crippen LogP contribution is 2.29. The third-order valence-electron chi connectivity index (χ3n) is 2.82. The summed E-state index contributed by atoms with van der Waals surface area (Å²) in [5, 5.41) is 12.0. The summed E-state index contributed by atoms with van der Waals surface area (Å²) in [5.74, 6) is 0.127. The van der Waals surface area contributed by atoms with Crippen LogP contribution in [0.2, 0.25) is 0 Å². The van der Waals surface area contributed by atoms with Crippen LogP contribution < -0.4 is 5.32 Å². The molecule has 2 nitrogen and oxygen atoms in total. The Balaban J connectivity index is 2.62. The van der Waals surface area contributed by atoms with E-state index in [1.807, 2.05) is 13.8 Å². The first-order valence-electron chi connectivity index (χ1n) is 5.86. The van der Waals surface area contributed by atoms with E-state index >= 15 is 0 Å². The molecule has 0 aliphatic heterocycles. The van der Waals surface area contributed by atoms with Crippen molar-refractivity contribution in [1.82, 2.24) is 5.32 Å². The Hall–Kier alpha value is -1.07. The number of aliphatic hydroxyl groups excluding tert-OH is 1. The summed E-state index contributed by atoms with van der Waals surface area (Å²) in [6.45, 7) is 4.49. The van der Waals surface area contributed by atoms with Crippen molar-refractivity contribution >= 4 is 0 Å². The molecule has 0 aromatic heterocycles. The molecule has 18 heavy (non-hydrogen) atoms. The van der Waals surface area contributed by atoms with E-state index in [1.54, 1.807) is 0 Å². The fourth-order valence-electron chi connectivity index (χ4n) is 1.52. The molecule has 1 aromatic carbocycles. The van der Waals surface area contributed by atoms with Gasteiger partial charge in [0.15, 0.2) is 0 Å². The minimum Gasteiger partial charge on any atom is -0.396 e. The normalized spacial score (nSPS) is 15.4. The van der Waals surface area contributed by atoms with Crippen LogP contribution in [0.15, 0.2) is 24.3 Å². The van der Waals surface area contributed by atoms with Crippen LogP contribution in [0.1, 0.15) is 31.0 Å². The zero-order valence-corrected chi connectivity index (χ0v) is 10.5. The monoisotopic (exact) mass is 261 g/mol. The molecule has 1 aromatic rings. The molecule has 5 heteroatoms. The molecular weight excluding hydrogens is 243 g/mol. The minimum absolute atomic E-state index is 0.0405. The smallest absolute Gasteiger partial charge is 0.396 e. The van der Waals surface area contributed by atoms with E-state index in [2.05, 4.69) is 5.32 Å². The number of alkyl halides is 3. The van der Waals surface area contributed by atoms with E-state index in [1.165, 1.54) is 12.1 Å². The Morgan fingerprint density at radius 1 is 1.17 bits per heavy atom. The standard InChI is InChI=1S/C13H18F3NO/c1-9(8-18)7-17-10(2)11-3-5-12(6-4-11)13(14,15)16/h3-6,9-10,17-18H,7-8H2,1-2H3. The first-order valence-corrected chi connectivity index (χ1v) is 5.86. The number of benzene rings is 1. The first-order chi connectivity index (χ1) is 8.34. The van der Waals surface area contributed by atoms with Gasteiger partial charge in [-0.15, -0.1) is 0 Å². The Morgan fingerprint density at radius 3 is 2.17 bits per heavy atom. The van der Waals surface area contributed by atoms with Crippen molar-refractivity contribution in [3.63, 3.8) is 0 Å². The molecule has 0 fully saturated rings. The van der Waals surface area contributed by atoms with Gasteiger partial charge in [-0.3, -0.25) is 0 Å². The molecule has 2 N–H and O–H groups in total. The molecule has 0 radical (unpaired) electrons. The average molecular weight is 261 g/mol. The highest BCUT2D eigenvalue weighted by Gasteiger charge is 2.30. The van der Waals surface area contributed by atoms with Crippen molar-refractivity contribution in [3.05, 3.63) is 35.4 Å². The second kappa shape index (κ2) is 6.20. The predicted molar refractivity (Wildman–Crippen MR) is 64.1 cm³/mol. The van der Waals surface area contributed by atoms with E-state index in [0.29, 0.717) is 6.54 Å². The number of hydrogen-bond donors (Lipinski definition) is 2. The third kappa shape index (κ3) is 4.31. The quantitative estimate of drug-likeness (QED) is 0.854. The van der Waals surface area contributed by atoms with Gasteiger partial charge < -0.3 is 10.4 Å². The summed E-state index contributed by atoms with van der Waals surface area (Å²) in [4.78, 5) is 0. The number of aliphatic hydroxyl groups is 1. The molecule has 0 saturated heterocycles. The van der Waals surface area contributed by atoms with Crippen LogP contribution in [0, 0.1) is 5.92 Å². The highest BCUT2D eigenvalue weighted by molar-refractivity contribution is 5.26. The summed E-state index contributed by atoms with van der Waals surface area (Å²) in [5.41, 5.74) is 0.162. The maximum absolute atomic E-state index is 12.4. The number of hydrogen-bond acceptors (Lipinski definition) is 2. The number of nitrogens with one attached hydrogen (secondary N) is 1. The largest absolute Gasteiger partial charge is 0.416 e.